The molecular formula is C19H21NO3. The number of hydrogen-bond acceptors (Lipinski definition) is 4. The van der Waals surface area contributed by atoms with Crippen molar-refractivity contribution in [3.05, 3.63) is 71.8 Å². The molecule has 4 rings (SSSR count). The van der Waals surface area contributed by atoms with Crippen LogP contribution in [0.5, 0.6) is 0 Å². The summed E-state index contributed by atoms with van der Waals surface area (Å²) in [5, 5.41) is 9.63. The highest BCUT2D eigenvalue weighted by Gasteiger charge is 2.53. The molecule has 3 atom stereocenters. The highest BCUT2D eigenvalue weighted by Crippen LogP contribution is 2.42. The second kappa shape index (κ2) is 6.06. The highest BCUT2D eigenvalue weighted by atomic mass is 16.8. The van der Waals surface area contributed by atoms with Crippen molar-refractivity contribution in [3.63, 3.8) is 0 Å². The molecule has 2 saturated heterocycles. The van der Waals surface area contributed by atoms with E-state index in [0.717, 1.165) is 18.7 Å². The zero-order valence-corrected chi connectivity index (χ0v) is 13.0. The lowest BCUT2D eigenvalue weighted by molar-refractivity contribution is -0.218. The van der Waals surface area contributed by atoms with Gasteiger partial charge < -0.3 is 14.6 Å². The molecule has 2 aromatic carbocycles. The third-order valence-corrected chi connectivity index (χ3v) is 4.61. The van der Waals surface area contributed by atoms with E-state index in [9.17, 15) is 5.11 Å². The SMILES string of the molecule is OC[C@@H]1O[C@@]2(c3ccccc3)CN(Cc3ccccc3)C[C@@H]1O2. The summed E-state index contributed by atoms with van der Waals surface area (Å²) in [6, 6.07) is 20.5. The van der Waals surface area contributed by atoms with E-state index in [1.807, 2.05) is 36.4 Å². The lowest BCUT2D eigenvalue weighted by atomic mass is 10.0. The molecule has 1 N–H and O–H groups in total. The predicted molar refractivity (Wildman–Crippen MR) is 86.7 cm³/mol. The number of benzene rings is 2. The van der Waals surface area contributed by atoms with Gasteiger partial charge in [0.15, 0.2) is 0 Å². The summed E-state index contributed by atoms with van der Waals surface area (Å²) in [6.07, 6.45) is -0.367. The second-order valence-corrected chi connectivity index (χ2v) is 6.27. The van der Waals surface area contributed by atoms with Crippen LogP contribution >= 0.6 is 0 Å². The van der Waals surface area contributed by atoms with Crippen LogP contribution in [0.1, 0.15) is 11.1 Å². The Morgan fingerprint density at radius 3 is 2.39 bits per heavy atom. The van der Waals surface area contributed by atoms with Gasteiger partial charge in [0, 0.05) is 18.7 Å². The van der Waals surface area contributed by atoms with Gasteiger partial charge in [-0.05, 0) is 5.56 Å². The Labute approximate surface area is 136 Å². The molecule has 2 fully saturated rings. The number of ether oxygens (including phenoxy) is 2. The Hall–Kier alpha value is -1.72. The van der Waals surface area contributed by atoms with Crippen LogP contribution in [-0.4, -0.2) is 41.9 Å². The van der Waals surface area contributed by atoms with Crippen LogP contribution in [0.2, 0.25) is 0 Å². The molecule has 120 valence electrons. The summed E-state index contributed by atoms with van der Waals surface area (Å²) in [5.41, 5.74) is 2.29. The van der Waals surface area contributed by atoms with Crippen LogP contribution < -0.4 is 0 Å². The van der Waals surface area contributed by atoms with Crippen LogP contribution in [0, 0.1) is 0 Å². The highest BCUT2D eigenvalue weighted by molar-refractivity contribution is 5.24. The van der Waals surface area contributed by atoms with Crippen molar-refractivity contribution in [1.29, 1.82) is 0 Å². The monoisotopic (exact) mass is 311 g/mol. The Balaban J connectivity index is 1.61. The summed E-state index contributed by atoms with van der Waals surface area (Å²) < 4.78 is 12.4. The fourth-order valence-corrected chi connectivity index (χ4v) is 3.55. The Morgan fingerprint density at radius 2 is 1.70 bits per heavy atom. The van der Waals surface area contributed by atoms with Crippen LogP contribution in [0.25, 0.3) is 0 Å². The molecule has 4 nitrogen and oxygen atoms in total. The zero-order chi connectivity index (χ0) is 15.7. The normalized spacial score (nSPS) is 30.5. The lowest BCUT2D eigenvalue weighted by Crippen LogP contribution is -2.49. The molecule has 23 heavy (non-hydrogen) atoms. The van der Waals surface area contributed by atoms with E-state index >= 15 is 0 Å². The van der Waals surface area contributed by atoms with E-state index in [-0.39, 0.29) is 18.8 Å². The van der Waals surface area contributed by atoms with Gasteiger partial charge in [-0.1, -0.05) is 60.7 Å². The van der Waals surface area contributed by atoms with Crippen molar-refractivity contribution in [3.8, 4) is 0 Å². The number of nitrogens with zero attached hydrogens (tertiary/aromatic N) is 1. The van der Waals surface area contributed by atoms with Crippen molar-refractivity contribution in [2.24, 2.45) is 0 Å². The molecule has 0 amide bonds. The van der Waals surface area contributed by atoms with E-state index in [2.05, 4.69) is 29.2 Å². The quantitative estimate of drug-likeness (QED) is 0.939. The zero-order valence-electron chi connectivity index (χ0n) is 13.0. The van der Waals surface area contributed by atoms with Crippen molar-refractivity contribution in [2.75, 3.05) is 19.7 Å². The first-order chi connectivity index (χ1) is 11.3. The maximum absolute atomic E-state index is 9.63. The van der Waals surface area contributed by atoms with Crippen molar-refractivity contribution in [1.82, 2.24) is 4.90 Å². The molecule has 2 aliphatic rings. The first kappa shape index (κ1) is 14.8. The Morgan fingerprint density at radius 1 is 1.00 bits per heavy atom. The van der Waals surface area contributed by atoms with Crippen LogP contribution in [0.15, 0.2) is 60.7 Å². The molecule has 2 aliphatic heterocycles. The van der Waals surface area contributed by atoms with Crippen LogP contribution in [-0.2, 0) is 21.8 Å². The summed E-state index contributed by atoms with van der Waals surface area (Å²) in [7, 11) is 0. The molecule has 2 heterocycles. The molecule has 0 unspecified atom stereocenters. The molecule has 0 saturated carbocycles. The minimum atomic E-state index is -0.771. The number of aliphatic hydroxyl groups excluding tert-OH is 1. The maximum atomic E-state index is 9.63. The third-order valence-electron chi connectivity index (χ3n) is 4.61. The lowest BCUT2D eigenvalue weighted by Gasteiger charge is -2.38. The van der Waals surface area contributed by atoms with Gasteiger partial charge in [0.25, 0.3) is 0 Å². The Bertz CT molecular complexity index is 648. The first-order valence-electron chi connectivity index (χ1n) is 8.07. The molecule has 0 aliphatic carbocycles. The van der Waals surface area contributed by atoms with Crippen molar-refractivity contribution in [2.45, 2.75) is 24.5 Å². The van der Waals surface area contributed by atoms with Gasteiger partial charge in [0.05, 0.1) is 13.2 Å². The average molecular weight is 311 g/mol. The third kappa shape index (κ3) is 2.79. The number of hydrogen-bond donors (Lipinski definition) is 1. The van der Waals surface area contributed by atoms with E-state index in [1.165, 1.54) is 5.56 Å². The Kier molecular flexibility index (Phi) is 3.91. The second-order valence-electron chi connectivity index (χ2n) is 6.27. The van der Waals surface area contributed by atoms with Crippen LogP contribution in [0.4, 0.5) is 0 Å². The molecule has 4 heteroatoms. The van der Waals surface area contributed by atoms with Gasteiger partial charge >= 0.3 is 0 Å². The molecule has 2 bridgehead atoms. The standard InChI is InChI=1S/C19H21NO3/c21-13-18-17-12-20(11-15-7-3-1-4-8-15)14-19(22-17,23-18)16-9-5-2-6-10-16/h1-10,17-18,21H,11-14H2/t17-,18-,19+/m0/s1. The minimum absolute atomic E-state index is 0.0154. The van der Waals surface area contributed by atoms with Gasteiger partial charge in [-0.15, -0.1) is 0 Å². The summed E-state index contributed by atoms with van der Waals surface area (Å²) in [4.78, 5) is 2.35. The van der Waals surface area contributed by atoms with E-state index in [4.69, 9.17) is 9.47 Å². The van der Waals surface area contributed by atoms with E-state index in [1.54, 1.807) is 0 Å². The van der Waals surface area contributed by atoms with Gasteiger partial charge in [-0.3, -0.25) is 4.90 Å². The summed E-state index contributed by atoms with van der Waals surface area (Å²) in [6.45, 7) is 2.28. The van der Waals surface area contributed by atoms with E-state index < -0.39 is 5.79 Å². The topological polar surface area (TPSA) is 41.9 Å². The van der Waals surface area contributed by atoms with Crippen molar-refractivity contribution < 1.29 is 14.6 Å². The number of aliphatic hydroxyl groups is 1. The molecule has 0 spiro atoms. The average Bonchev–Trinajstić information content (AvgIpc) is 2.88. The number of fused-ring (bicyclic) bond motifs is 2. The molecule has 0 radical (unpaired) electrons. The fourth-order valence-electron chi connectivity index (χ4n) is 3.55. The summed E-state index contributed by atoms with van der Waals surface area (Å²) in [5.74, 6) is -0.771. The van der Waals surface area contributed by atoms with E-state index in [0.29, 0.717) is 6.54 Å². The number of morpholine rings is 1. The minimum Gasteiger partial charge on any atom is -0.394 e. The van der Waals surface area contributed by atoms with Gasteiger partial charge in [-0.25, -0.2) is 0 Å². The van der Waals surface area contributed by atoms with Gasteiger partial charge in [-0.2, -0.15) is 0 Å². The van der Waals surface area contributed by atoms with Crippen molar-refractivity contribution >= 4 is 0 Å². The predicted octanol–water partition coefficient (Wildman–Crippen LogP) is 2.13. The van der Waals surface area contributed by atoms with Gasteiger partial charge in [0.1, 0.15) is 12.2 Å². The van der Waals surface area contributed by atoms with Gasteiger partial charge in [0.2, 0.25) is 5.79 Å². The summed E-state index contributed by atoms with van der Waals surface area (Å²) >= 11 is 0. The smallest absolute Gasteiger partial charge is 0.208 e. The largest absolute Gasteiger partial charge is 0.394 e. The first-order valence-corrected chi connectivity index (χ1v) is 8.07. The molecule has 0 aromatic heterocycles. The fraction of sp³-hybridized carbons (Fsp3) is 0.368. The maximum Gasteiger partial charge on any atom is 0.208 e. The number of rotatable bonds is 4. The molecular weight excluding hydrogens is 290 g/mol. The molecule has 2 aromatic rings. The van der Waals surface area contributed by atoms with Crippen LogP contribution in [0.3, 0.4) is 0 Å².